The summed E-state index contributed by atoms with van der Waals surface area (Å²) in [7, 11) is 0. The molecule has 0 fully saturated rings. The molecule has 114 valence electrons. The quantitative estimate of drug-likeness (QED) is 0.551. The Balaban J connectivity index is -0.000000389. The summed E-state index contributed by atoms with van der Waals surface area (Å²) in [4.78, 5) is 0. The molecule has 3 heteroatoms. The molecule has 0 aromatic heterocycles. The third-order valence-corrected chi connectivity index (χ3v) is 1.44. The first-order chi connectivity index (χ1) is 8.83. The zero-order valence-electron chi connectivity index (χ0n) is 13.6. The van der Waals surface area contributed by atoms with E-state index in [1.165, 1.54) is 6.42 Å². The molecule has 0 unspecified atom stereocenters. The number of rotatable bonds is 10. The van der Waals surface area contributed by atoms with Crippen LogP contribution in [0.25, 0.3) is 0 Å². The Morgan fingerprint density at radius 2 is 0.722 bits per heavy atom. The molecule has 0 N–H and O–H groups in total. The van der Waals surface area contributed by atoms with E-state index in [1.807, 2.05) is 13.8 Å². The Bertz CT molecular complexity index is 87.7. The van der Waals surface area contributed by atoms with Gasteiger partial charge in [-0.25, -0.2) is 0 Å². The van der Waals surface area contributed by atoms with Crippen LogP contribution < -0.4 is 0 Å². The minimum Gasteiger partial charge on any atom is -0.379 e. The molecule has 0 bridgehead atoms. The topological polar surface area (TPSA) is 27.7 Å². The monoisotopic (exact) mass is 264 g/mol. The Labute approximate surface area is 115 Å². The first-order valence-corrected chi connectivity index (χ1v) is 7.56. The van der Waals surface area contributed by atoms with Crippen molar-refractivity contribution >= 4 is 0 Å². The maximum absolute atomic E-state index is 5.28. The molecule has 0 saturated carbocycles. The van der Waals surface area contributed by atoms with E-state index in [0.717, 1.165) is 26.1 Å². The van der Waals surface area contributed by atoms with Crippen LogP contribution in [0.3, 0.4) is 0 Å². The van der Waals surface area contributed by atoms with Crippen molar-refractivity contribution in [2.24, 2.45) is 0 Å². The molecule has 0 amide bonds. The SMILES string of the molecule is CC.CCC.CCCOCCOCCOCCC. The van der Waals surface area contributed by atoms with Crippen LogP contribution in [0.1, 0.15) is 60.8 Å². The zero-order valence-corrected chi connectivity index (χ0v) is 13.6. The molecule has 0 spiro atoms. The highest BCUT2D eigenvalue weighted by Crippen LogP contribution is 1.84. The predicted octanol–water partition coefficient (Wildman–Crippen LogP) is 4.30. The van der Waals surface area contributed by atoms with Crippen LogP contribution in [0.4, 0.5) is 0 Å². The van der Waals surface area contributed by atoms with Crippen LogP contribution in [0.15, 0.2) is 0 Å². The average molecular weight is 264 g/mol. The van der Waals surface area contributed by atoms with E-state index in [9.17, 15) is 0 Å². The van der Waals surface area contributed by atoms with E-state index in [1.54, 1.807) is 0 Å². The van der Waals surface area contributed by atoms with Gasteiger partial charge < -0.3 is 14.2 Å². The van der Waals surface area contributed by atoms with Crippen molar-refractivity contribution in [3.8, 4) is 0 Å². The van der Waals surface area contributed by atoms with Crippen LogP contribution in [0, 0.1) is 0 Å². The van der Waals surface area contributed by atoms with Gasteiger partial charge in [-0.2, -0.15) is 0 Å². The molecule has 0 atom stereocenters. The maximum atomic E-state index is 5.28. The Morgan fingerprint density at radius 1 is 0.500 bits per heavy atom. The van der Waals surface area contributed by atoms with Crippen molar-refractivity contribution in [3.05, 3.63) is 0 Å². The molecule has 0 aromatic carbocycles. The van der Waals surface area contributed by atoms with E-state index in [4.69, 9.17) is 14.2 Å². The second-order valence-electron chi connectivity index (χ2n) is 3.54. The molecule has 0 radical (unpaired) electrons. The lowest BCUT2D eigenvalue weighted by Gasteiger charge is -2.05. The summed E-state index contributed by atoms with van der Waals surface area (Å²) in [5.41, 5.74) is 0. The first-order valence-electron chi connectivity index (χ1n) is 7.56. The lowest BCUT2D eigenvalue weighted by molar-refractivity contribution is 0.0148. The Kier molecular flexibility index (Phi) is 38.6. The van der Waals surface area contributed by atoms with Gasteiger partial charge in [-0.1, -0.05) is 48.0 Å². The van der Waals surface area contributed by atoms with Gasteiger partial charge in [-0.3, -0.25) is 0 Å². The summed E-state index contributed by atoms with van der Waals surface area (Å²) in [6.07, 6.45) is 3.39. The molecule has 0 aromatic rings. The highest BCUT2D eigenvalue weighted by atomic mass is 16.5. The molecule has 0 rings (SSSR count). The fourth-order valence-corrected chi connectivity index (χ4v) is 0.831. The van der Waals surface area contributed by atoms with Crippen LogP contribution in [-0.2, 0) is 14.2 Å². The second kappa shape index (κ2) is 30.2. The maximum Gasteiger partial charge on any atom is 0.0701 e. The summed E-state index contributed by atoms with van der Waals surface area (Å²) >= 11 is 0. The van der Waals surface area contributed by atoms with Gasteiger partial charge in [-0.05, 0) is 12.8 Å². The number of hydrogen-bond acceptors (Lipinski definition) is 3. The summed E-state index contributed by atoms with van der Waals surface area (Å²) in [5, 5.41) is 0. The lowest BCUT2D eigenvalue weighted by Crippen LogP contribution is -2.09. The van der Waals surface area contributed by atoms with E-state index >= 15 is 0 Å². The molecule has 0 aliphatic carbocycles. The zero-order chi connectivity index (χ0) is 14.5. The van der Waals surface area contributed by atoms with Gasteiger partial charge >= 0.3 is 0 Å². The average Bonchev–Trinajstić information content (AvgIpc) is 2.40. The highest BCUT2D eigenvalue weighted by molar-refractivity contribution is 4.33. The van der Waals surface area contributed by atoms with Gasteiger partial charge in [0.25, 0.3) is 0 Å². The molecular weight excluding hydrogens is 228 g/mol. The number of ether oxygens (including phenoxy) is 3. The molecular formula is C15H36O3. The van der Waals surface area contributed by atoms with Crippen LogP contribution in [-0.4, -0.2) is 39.6 Å². The van der Waals surface area contributed by atoms with E-state index in [2.05, 4.69) is 27.7 Å². The fraction of sp³-hybridized carbons (Fsp3) is 1.00. The normalized spacial score (nSPS) is 9.00. The van der Waals surface area contributed by atoms with Crippen LogP contribution in [0.2, 0.25) is 0 Å². The third-order valence-electron chi connectivity index (χ3n) is 1.44. The molecule has 18 heavy (non-hydrogen) atoms. The summed E-state index contributed by atoms with van der Waals surface area (Å²) in [5.74, 6) is 0. The van der Waals surface area contributed by atoms with Gasteiger partial charge in [0.1, 0.15) is 0 Å². The largest absolute Gasteiger partial charge is 0.379 e. The molecule has 0 aliphatic heterocycles. The van der Waals surface area contributed by atoms with Crippen molar-refractivity contribution in [1.29, 1.82) is 0 Å². The van der Waals surface area contributed by atoms with Gasteiger partial charge in [-0.15, -0.1) is 0 Å². The second-order valence-corrected chi connectivity index (χ2v) is 3.54. The minimum atomic E-state index is 0.676. The summed E-state index contributed by atoms with van der Waals surface area (Å²) < 4.78 is 15.8. The van der Waals surface area contributed by atoms with Crippen LogP contribution in [0.5, 0.6) is 0 Å². The minimum absolute atomic E-state index is 0.676. The summed E-state index contributed by atoms with van der Waals surface area (Å²) in [6.45, 7) is 16.8. The van der Waals surface area contributed by atoms with Crippen molar-refractivity contribution in [3.63, 3.8) is 0 Å². The molecule has 0 heterocycles. The van der Waals surface area contributed by atoms with Gasteiger partial charge in [0.05, 0.1) is 26.4 Å². The van der Waals surface area contributed by atoms with Crippen LogP contribution >= 0.6 is 0 Å². The van der Waals surface area contributed by atoms with Crippen molar-refractivity contribution in [2.45, 2.75) is 60.8 Å². The van der Waals surface area contributed by atoms with Gasteiger partial charge in [0.15, 0.2) is 0 Å². The smallest absolute Gasteiger partial charge is 0.0701 e. The first kappa shape index (κ1) is 23.0. The fourth-order valence-electron chi connectivity index (χ4n) is 0.831. The molecule has 3 nitrogen and oxygen atoms in total. The molecule has 0 aliphatic rings. The third kappa shape index (κ3) is 36.0. The van der Waals surface area contributed by atoms with E-state index < -0.39 is 0 Å². The van der Waals surface area contributed by atoms with Gasteiger partial charge in [0, 0.05) is 13.2 Å². The summed E-state index contributed by atoms with van der Waals surface area (Å²) in [6, 6.07) is 0. The van der Waals surface area contributed by atoms with E-state index in [-0.39, 0.29) is 0 Å². The van der Waals surface area contributed by atoms with Crippen molar-refractivity contribution < 1.29 is 14.2 Å². The Hall–Kier alpha value is -0.120. The van der Waals surface area contributed by atoms with Crippen molar-refractivity contribution in [2.75, 3.05) is 39.6 Å². The standard InChI is InChI=1S/C10H22O3.C3H8.C2H6/c1-3-5-11-7-9-13-10-8-12-6-4-2;1-3-2;1-2/h3-10H2,1-2H3;3H2,1-2H3;1-2H3. The predicted molar refractivity (Wildman–Crippen MR) is 80.4 cm³/mol. The molecule has 0 saturated heterocycles. The lowest BCUT2D eigenvalue weighted by atomic mass is 10.5. The highest BCUT2D eigenvalue weighted by Gasteiger charge is 1.89. The van der Waals surface area contributed by atoms with E-state index in [0.29, 0.717) is 26.4 Å². The van der Waals surface area contributed by atoms with Gasteiger partial charge in [0.2, 0.25) is 0 Å². The Morgan fingerprint density at radius 3 is 0.944 bits per heavy atom. The van der Waals surface area contributed by atoms with Crippen molar-refractivity contribution in [1.82, 2.24) is 0 Å². The number of hydrogen-bond donors (Lipinski definition) is 0.